The fourth-order valence-electron chi connectivity index (χ4n) is 5.14. The van der Waals surface area contributed by atoms with E-state index >= 15 is 0 Å². The van der Waals surface area contributed by atoms with Crippen molar-refractivity contribution >= 4 is 5.69 Å². The molecule has 1 aromatic heterocycles. The molecule has 1 saturated heterocycles. The minimum absolute atomic E-state index is 0.0506. The Bertz CT molecular complexity index is 929. The average molecular weight is 425 g/mol. The topological polar surface area (TPSA) is 85.3 Å². The molecule has 0 saturated carbocycles. The summed E-state index contributed by atoms with van der Waals surface area (Å²) in [5.41, 5.74) is 2.18. The maximum atomic E-state index is 10.8. The molecule has 1 aliphatic heterocycles. The molecule has 2 aromatic rings. The quantitative estimate of drug-likeness (QED) is 0.348. The smallest absolute Gasteiger partial charge is 0.269 e. The van der Waals surface area contributed by atoms with E-state index in [0.29, 0.717) is 41.0 Å². The number of nitro benzene ring substituents is 1. The molecule has 0 radical (unpaired) electrons. The second-order valence-corrected chi connectivity index (χ2v) is 9.43. The Kier molecular flexibility index (Phi) is 6.51. The van der Waals surface area contributed by atoms with Crippen LogP contribution in [0.25, 0.3) is 11.5 Å². The summed E-state index contributed by atoms with van der Waals surface area (Å²) in [6, 6.07) is 6.22. The van der Waals surface area contributed by atoms with Crippen molar-refractivity contribution in [2.24, 2.45) is 23.7 Å². The second-order valence-electron chi connectivity index (χ2n) is 9.43. The highest BCUT2D eigenvalue weighted by Gasteiger charge is 2.33. The standard InChI is InChI=1S/C24H32N4O3/c1-16(2)22-13-19(17(3)12-20(22)15-27-10-4-5-11-27)14-23-25-26-24(31-23)18-6-8-21(9-7-18)28(29)30/h6-9,12,16,19-20,22H,4-5,10-11,13-15H2,1-3H3/t19-,20-,22-/m0/s1. The zero-order chi connectivity index (χ0) is 22.0. The van der Waals surface area contributed by atoms with Crippen LogP contribution in [0.2, 0.25) is 0 Å². The molecular weight excluding hydrogens is 392 g/mol. The van der Waals surface area contributed by atoms with Crippen molar-refractivity contribution in [3.63, 3.8) is 0 Å². The lowest BCUT2D eigenvalue weighted by Gasteiger charge is -2.38. The van der Waals surface area contributed by atoms with Gasteiger partial charge in [0.25, 0.3) is 5.69 Å². The first-order valence-electron chi connectivity index (χ1n) is 11.4. The van der Waals surface area contributed by atoms with E-state index in [2.05, 4.69) is 41.9 Å². The number of likely N-dealkylation sites (tertiary alicyclic amines) is 1. The van der Waals surface area contributed by atoms with Crippen LogP contribution < -0.4 is 0 Å². The number of rotatable bonds is 7. The van der Waals surface area contributed by atoms with Crippen LogP contribution in [-0.2, 0) is 6.42 Å². The number of aromatic nitrogens is 2. The van der Waals surface area contributed by atoms with Crippen LogP contribution >= 0.6 is 0 Å². The molecule has 4 rings (SSSR count). The van der Waals surface area contributed by atoms with E-state index in [-0.39, 0.29) is 5.69 Å². The zero-order valence-corrected chi connectivity index (χ0v) is 18.7. The van der Waals surface area contributed by atoms with Crippen molar-refractivity contribution in [2.45, 2.75) is 46.5 Å². The van der Waals surface area contributed by atoms with Gasteiger partial charge in [0.1, 0.15) is 0 Å². The summed E-state index contributed by atoms with van der Waals surface area (Å²) in [5, 5.41) is 19.3. The highest BCUT2D eigenvalue weighted by atomic mass is 16.6. The molecule has 0 spiro atoms. The molecule has 1 aromatic carbocycles. The summed E-state index contributed by atoms with van der Waals surface area (Å²) < 4.78 is 5.92. The van der Waals surface area contributed by atoms with E-state index in [0.717, 1.165) is 12.8 Å². The van der Waals surface area contributed by atoms with E-state index < -0.39 is 4.92 Å². The third-order valence-electron chi connectivity index (χ3n) is 6.96. The van der Waals surface area contributed by atoms with Crippen molar-refractivity contribution in [3.8, 4) is 11.5 Å². The Morgan fingerprint density at radius 3 is 2.55 bits per heavy atom. The molecule has 1 fully saturated rings. The molecule has 0 N–H and O–H groups in total. The van der Waals surface area contributed by atoms with Crippen LogP contribution in [0.3, 0.4) is 0 Å². The first kappa shape index (κ1) is 21.7. The van der Waals surface area contributed by atoms with Crippen LogP contribution in [0, 0.1) is 33.8 Å². The summed E-state index contributed by atoms with van der Waals surface area (Å²) in [7, 11) is 0. The Morgan fingerprint density at radius 2 is 1.90 bits per heavy atom. The fourth-order valence-corrected chi connectivity index (χ4v) is 5.14. The largest absolute Gasteiger partial charge is 0.421 e. The second kappa shape index (κ2) is 9.30. The van der Waals surface area contributed by atoms with E-state index in [1.54, 1.807) is 12.1 Å². The molecule has 1 aliphatic carbocycles. The van der Waals surface area contributed by atoms with Crippen LogP contribution in [0.1, 0.15) is 45.9 Å². The summed E-state index contributed by atoms with van der Waals surface area (Å²) in [6.07, 6.45) is 7.05. The lowest BCUT2D eigenvalue weighted by molar-refractivity contribution is -0.384. The van der Waals surface area contributed by atoms with E-state index in [1.807, 2.05) is 0 Å². The van der Waals surface area contributed by atoms with Gasteiger partial charge < -0.3 is 9.32 Å². The third kappa shape index (κ3) is 5.03. The molecule has 0 bridgehead atoms. The first-order valence-corrected chi connectivity index (χ1v) is 11.4. The lowest BCUT2D eigenvalue weighted by Crippen LogP contribution is -2.36. The number of benzene rings is 1. The first-order chi connectivity index (χ1) is 14.9. The molecule has 3 atom stereocenters. The van der Waals surface area contributed by atoms with Gasteiger partial charge in [0.15, 0.2) is 0 Å². The van der Waals surface area contributed by atoms with Crippen molar-refractivity contribution in [1.29, 1.82) is 0 Å². The van der Waals surface area contributed by atoms with E-state index in [4.69, 9.17) is 4.42 Å². The molecule has 7 heteroatoms. The number of hydrogen-bond acceptors (Lipinski definition) is 6. The van der Waals surface area contributed by atoms with Gasteiger partial charge in [-0.2, -0.15) is 0 Å². The molecular formula is C24H32N4O3. The summed E-state index contributed by atoms with van der Waals surface area (Å²) in [6.45, 7) is 10.6. The predicted octanol–water partition coefficient (Wildman–Crippen LogP) is 5.14. The summed E-state index contributed by atoms with van der Waals surface area (Å²) in [4.78, 5) is 13.1. The van der Waals surface area contributed by atoms with Crippen molar-refractivity contribution in [2.75, 3.05) is 19.6 Å². The highest BCUT2D eigenvalue weighted by molar-refractivity contribution is 5.55. The summed E-state index contributed by atoms with van der Waals surface area (Å²) in [5.74, 6) is 3.37. The van der Waals surface area contributed by atoms with Gasteiger partial charge in [-0.1, -0.05) is 25.5 Å². The zero-order valence-electron chi connectivity index (χ0n) is 18.7. The maximum Gasteiger partial charge on any atom is 0.269 e. The fraction of sp³-hybridized carbons (Fsp3) is 0.583. The maximum absolute atomic E-state index is 10.8. The highest BCUT2D eigenvalue weighted by Crippen LogP contribution is 2.39. The average Bonchev–Trinajstić information content (AvgIpc) is 3.42. The third-order valence-corrected chi connectivity index (χ3v) is 6.96. The minimum atomic E-state index is -0.413. The van der Waals surface area contributed by atoms with Gasteiger partial charge in [0.2, 0.25) is 11.8 Å². The molecule has 7 nitrogen and oxygen atoms in total. The molecule has 166 valence electrons. The van der Waals surface area contributed by atoms with Crippen molar-refractivity contribution in [1.82, 2.24) is 15.1 Å². The molecule has 31 heavy (non-hydrogen) atoms. The Hall–Kier alpha value is -2.54. The minimum Gasteiger partial charge on any atom is -0.421 e. The SMILES string of the molecule is CC1=C[C@@H](CN2CCCC2)[C@H](C(C)C)C[C@H]1Cc1nnc(-c2ccc([N+](=O)[O-])cc2)o1. The van der Waals surface area contributed by atoms with Gasteiger partial charge in [-0.15, -0.1) is 10.2 Å². The Morgan fingerprint density at radius 1 is 1.19 bits per heavy atom. The normalized spacial score (nSPS) is 24.5. The van der Waals surface area contributed by atoms with Gasteiger partial charge in [0, 0.05) is 30.7 Å². The number of non-ortho nitro benzene ring substituents is 1. The Balaban J connectivity index is 1.45. The molecule has 0 unspecified atom stereocenters. The number of nitro groups is 1. The molecule has 0 amide bonds. The molecule has 2 heterocycles. The van der Waals surface area contributed by atoms with Gasteiger partial charge in [-0.3, -0.25) is 10.1 Å². The number of hydrogen-bond donors (Lipinski definition) is 0. The summed E-state index contributed by atoms with van der Waals surface area (Å²) >= 11 is 0. The lowest BCUT2D eigenvalue weighted by atomic mass is 9.69. The van der Waals surface area contributed by atoms with Crippen LogP contribution in [0.5, 0.6) is 0 Å². The number of allylic oxidation sites excluding steroid dienone is 1. The van der Waals surface area contributed by atoms with Gasteiger partial charge >= 0.3 is 0 Å². The molecule has 2 aliphatic rings. The number of nitrogens with zero attached hydrogens (tertiary/aromatic N) is 4. The van der Waals surface area contributed by atoms with Gasteiger partial charge in [-0.25, -0.2) is 0 Å². The van der Waals surface area contributed by atoms with E-state index in [1.165, 1.54) is 50.2 Å². The van der Waals surface area contributed by atoms with Gasteiger partial charge in [0.05, 0.1) is 4.92 Å². The van der Waals surface area contributed by atoms with Crippen molar-refractivity contribution in [3.05, 3.63) is 51.9 Å². The monoisotopic (exact) mass is 424 g/mol. The van der Waals surface area contributed by atoms with E-state index in [9.17, 15) is 10.1 Å². The Labute approximate surface area is 183 Å². The van der Waals surface area contributed by atoms with Crippen LogP contribution in [0.4, 0.5) is 5.69 Å². The predicted molar refractivity (Wildman–Crippen MR) is 119 cm³/mol. The van der Waals surface area contributed by atoms with Crippen LogP contribution in [-0.4, -0.2) is 39.7 Å². The van der Waals surface area contributed by atoms with Gasteiger partial charge in [-0.05, 0) is 75.1 Å². The van der Waals surface area contributed by atoms with Crippen molar-refractivity contribution < 1.29 is 9.34 Å². The van der Waals surface area contributed by atoms with Crippen LogP contribution in [0.15, 0.2) is 40.3 Å².